The summed E-state index contributed by atoms with van der Waals surface area (Å²) in [5.41, 5.74) is 0.907. The first-order chi connectivity index (χ1) is 13.1. The Bertz CT molecular complexity index is 1030. The monoisotopic (exact) mass is 380 g/mol. The van der Waals surface area contributed by atoms with Gasteiger partial charge in [-0.15, -0.1) is 0 Å². The second-order valence-corrected chi connectivity index (χ2v) is 6.48. The number of nitro groups is 2. The first-order valence-electron chi connectivity index (χ1n) is 7.91. The molecule has 2 aliphatic heterocycles. The van der Waals surface area contributed by atoms with Gasteiger partial charge in [0.1, 0.15) is 5.70 Å². The van der Waals surface area contributed by atoms with Crippen molar-refractivity contribution >= 4 is 23.4 Å². The molecule has 0 fully saturated rings. The number of hydrogen-bond acceptors (Lipinski definition) is 7. The summed E-state index contributed by atoms with van der Waals surface area (Å²) in [6, 6.07) is 17.3. The Hall–Kier alpha value is -3.59. The third-order valence-electron chi connectivity index (χ3n) is 4.18. The van der Waals surface area contributed by atoms with Gasteiger partial charge in [-0.1, -0.05) is 60.7 Å². The first-order valence-corrected chi connectivity index (χ1v) is 8.68. The molecule has 0 saturated heterocycles. The maximum atomic E-state index is 12.0. The van der Waals surface area contributed by atoms with E-state index in [-0.39, 0.29) is 11.3 Å². The number of fused-ring (bicyclic) bond motifs is 1. The Labute approximate surface area is 158 Å². The molecule has 2 aliphatic rings. The summed E-state index contributed by atoms with van der Waals surface area (Å²) in [5, 5.41) is 23.9. The van der Waals surface area contributed by atoms with Crippen molar-refractivity contribution in [3.8, 4) is 0 Å². The number of hydrogen-bond donors (Lipinski definition) is 1. The average molecular weight is 380 g/mol. The summed E-state index contributed by atoms with van der Waals surface area (Å²) < 4.78 is 4.58. The van der Waals surface area contributed by atoms with Gasteiger partial charge in [-0.3, -0.25) is 24.5 Å². The van der Waals surface area contributed by atoms with Crippen molar-refractivity contribution in [2.75, 3.05) is 0 Å². The molecular weight excluding hydrogens is 368 g/mol. The Morgan fingerprint density at radius 2 is 1.37 bits per heavy atom. The number of allylic oxidation sites excluding steroid dienone is 1. The summed E-state index contributed by atoms with van der Waals surface area (Å²) in [4.78, 5) is 22.5. The molecule has 9 heteroatoms. The highest BCUT2D eigenvalue weighted by atomic mass is 32.2. The van der Waals surface area contributed by atoms with Crippen LogP contribution in [0.1, 0.15) is 11.1 Å². The fraction of sp³-hybridized carbons (Fsp3) is 0. The van der Waals surface area contributed by atoms with Crippen LogP contribution < -0.4 is 4.72 Å². The molecule has 2 aromatic carbocycles. The molecule has 0 saturated carbocycles. The van der Waals surface area contributed by atoms with Gasteiger partial charge in [0.05, 0.1) is 33.3 Å². The lowest BCUT2D eigenvalue weighted by molar-refractivity contribution is -0.478. The molecule has 134 valence electrons. The fourth-order valence-electron chi connectivity index (χ4n) is 3.12. The topological polar surface area (TPSA) is 102 Å². The van der Waals surface area contributed by atoms with E-state index < -0.39 is 21.2 Å². The SMILES string of the molecule is O=[N+]([O-])C1=C(c2ccccc2)C2=CNSN2C(c2ccccc2)=C1[N+](=O)[O-]. The van der Waals surface area contributed by atoms with Crippen molar-refractivity contribution in [1.82, 2.24) is 9.03 Å². The highest BCUT2D eigenvalue weighted by Gasteiger charge is 2.48. The molecule has 0 aromatic heterocycles. The van der Waals surface area contributed by atoms with Crippen LogP contribution in [0.2, 0.25) is 0 Å². The average Bonchev–Trinajstić information content (AvgIpc) is 3.16. The molecule has 0 unspecified atom stereocenters. The van der Waals surface area contributed by atoms with Gasteiger partial charge < -0.3 is 4.72 Å². The van der Waals surface area contributed by atoms with E-state index in [9.17, 15) is 20.2 Å². The van der Waals surface area contributed by atoms with Gasteiger partial charge in [0.15, 0.2) is 0 Å². The van der Waals surface area contributed by atoms with Gasteiger partial charge in [0.25, 0.3) is 0 Å². The Morgan fingerprint density at radius 3 is 1.93 bits per heavy atom. The summed E-state index contributed by atoms with van der Waals surface area (Å²) in [6.45, 7) is 0. The summed E-state index contributed by atoms with van der Waals surface area (Å²) >= 11 is 1.13. The molecular formula is C18H12N4O4S. The Balaban J connectivity index is 2.11. The minimum absolute atomic E-state index is 0.174. The van der Waals surface area contributed by atoms with Crippen LogP contribution in [0.3, 0.4) is 0 Å². The van der Waals surface area contributed by atoms with Gasteiger partial charge in [-0.05, 0) is 5.56 Å². The highest BCUT2D eigenvalue weighted by Crippen LogP contribution is 2.48. The largest absolute Gasteiger partial charge is 0.371 e. The molecule has 1 N–H and O–H groups in total. The van der Waals surface area contributed by atoms with E-state index in [1.807, 2.05) is 0 Å². The van der Waals surface area contributed by atoms with Crippen LogP contribution in [0.4, 0.5) is 0 Å². The molecule has 0 bridgehead atoms. The minimum Gasteiger partial charge on any atom is -0.316 e. The maximum absolute atomic E-state index is 12.0. The minimum atomic E-state index is -0.681. The zero-order valence-electron chi connectivity index (χ0n) is 13.7. The predicted molar refractivity (Wildman–Crippen MR) is 101 cm³/mol. The molecule has 8 nitrogen and oxygen atoms in total. The van der Waals surface area contributed by atoms with Gasteiger partial charge >= 0.3 is 11.4 Å². The van der Waals surface area contributed by atoms with E-state index in [2.05, 4.69) is 4.72 Å². The predicted octanol–water partition coefficient (Wildman–Crippen LogP) is 3.64. The Morgan fingerprint density at radius 1 is 0.815 bits per heavy atom. The Kier molecular flexibility index (Phi) is 4.13. The summed E-state index contributed by atoms with van der Waals surface area (Å²) in [7, 11) is 0. The second-order valence-electron chi connectivity index (χ2n) is 5.70. The summed E-state index contributed by atoms with van der Waals surface area (Å²) in [6.07, 6.45) is 1.62. The standard InChI is InChI=1S/C18H12N4O4S/c23-21(24)17-15(12-7-3-1-4-8-12)14-11-19-27-20(14)16(18(17)22(25)26)13-9-5-2-6-10-13/h1-11,19H. The number of nitrogens with zero attached hydrogens (tertiary/aromatic N) is 3. The lowest BCUT2D eigenvalue weighted by Gasteiger charge is -2.27. The van der Waals surface area contributed by atoms with Crippen molar-refractivity contribution in [2.45, 2.75) is 0 Å². The van der Waals surface area contributed by atoms with Crippen molar-refractivity contribution in [1.29, 1.82) is 0 Å². The van der Waals surface area contributed by atoms with E-state index in [1.165, 1.54) is 0 Å². The van der Waals surface area contributed by atoms with E-state index in [1.54, 1.807) is 71.2 Å². The van der Waals surface area contributed by atoms with Gasteiger partial charge in [-0.25, -0.2) is 0 Å². The lowest BCUT2D eigenvalue weighted by atomic mass is 9.94. The number of benzene rings is 2. The summed E-state index contributed by atoms with van der Waals surface area (Å²) in [5.74, 6) is 0. The van der Waals surface area contributed by atoms with Gasteiger partial charge in [0.2, 0.25) is 0 Å². The molecule has 0 aliphatic carbocycles. The molecule has 2 aromatic rings. The van der Waals surface area contributed by atoms with Crippen molar-refractivity contribution in [3.63, 3.8) is 0 Å². The van der Waals surface area contributed by atoms with E-state index in [0.717, 1.165) is 12.1 Å². The van der Waals surface area contributed by atoms with Crippen LogP contribution in [0.15, 0.2) is 84.0 Å². The molecule has 0 amide bonds. The van der Waals surface area contributed by atoms with E-state index >= 15 is 0 Å². The highest BCUT2D eigenvalue weighted by molar-refractivity contribution is 7.95. The number of nitrogens with one attached hydrogen (secondary N) is 1. The lowest BCUT2D eigenvalue weighted by Crippen LogP contribution is -2.26. The van der Waals surface area contributed by atoms with Crippen LogP contribution >= 0.6 is 12.1 Å². The third-order valence-corrected chi connectivity index (χ3v) is 4.96. The molecule has 0 atom stereocenters. The van der Waals surface area contributed by atoms with Crippen LogP contribution in [-0.4, -0.2) is 14.2 Å². The van der Waals surface area contributed by atoms with Crippen molar-refractivity contribution in [3.05, 3.63) is 115 Å². The third kappa shape index (κ3) is 2.74. The zero-order chi connectivity index (χ0) is 19.0. The van der Waals surface area contributed by atoms with Crippen molar-refractivity contribution in [2.24, 2.45) is 0 Å². The molecule has 4 rings (SSSR count). The quantitative estimate of drug-likeness (QED) is 0.491. The van der Waals surface area contributed by atoms with E-state index in [4.69, 9.17) is 0 Å². The molecule has 27 heavy (non-hydrogen) atoms. The van der Waals surface area contributed by atoms with Crippen LogP contribution in [0.5, 0.6) is 0 Å². The van der Waals surface area contributed by atoms with E-state index in [0.29, 0.717) is 16.8 Å². The smallest absolute Gasteiger partial charge is 0.316 e. The van der Waals surface area contributed by atoms with Gasteiger partial charge in [-0.2, -0.15) is 0 Å². The maximum Gasteiger partial charge on any atom is 0.371 e. The van der Waals surface area contributed by atoms with Crippen LogP contribution in [0, 0.1) is 20.2 Å². The van der Waals surface area contributed by atoms with Crippen molar-refractivity contribution < 1.29 is 9.85 Å². The zero-order valence-corrected chi connectivity index (χ0v) is 14.6. The fourth-order valence-corrected chi connectivity index (χ4v) is 3.92. The molecule has 0 spiro atoms. The number of rotatable bonds is 4. The molecule has 2 heterocycles. The van der Waals surface area contributed by atoms with Crippen LogP contribution in [0.25, 0.3) is 11.3 Å². The first kappa shape index (κ1) is 16.9. The normalized spacial score (nSPS) is 16.0. The molecule has 0 radical (unpaired) electrons. The second kappa shape index (κ2) is 6.61. The van der Waals surface area contributed by atoms with Gasteiger partial charge in [0, 0.05) is 11.8 Å². The van der Waals surface area contributed by atoms with Crippen LogP contribution in [-0.2, 0) is 0 Å².